The highest BCUT2D eigenvalue weighted by atomic mass is 19.4. The van der Waals surface area contributed by atoms with E-state index < -0.39 is 17.6 Å². The van der Waals surface area contributed by atoms with Crippen LogP contribution in [0.15, 0.2) is 60.9 Å². The third kappa shape index (κ3) is 7.90. The number of anilines is 2. The lowest BCUT2D eigenvalue weighted by Crippen LogP contribution is -2.43. The van der Waals surface area contributed by atoms with Gasteiger partial charge < -0.3 is 29.9 Å². The molecule has 9 nitrogen and oxygen atoms in total. The summed E-state index contributed by atoms with van der Waals surface area (Å²) in [5.74, 6) is -0.543. The van der Waals surface area contributed by atoms with E-state index in [2.05, 4.69) is 32.1 Å². The minimum Gasteiger partial charge on any atom is -0.495 e. The first-order chi connectivity index (χ1) is 19.9. The summed E-state index contributed by atoms with van der Waals surface area (Å²) in [6.07, 6.45) is -1.85. The molecule has 2 heterocycles. The second-order valence-electron chi connectivity index (χ2n) is 10.4. The number of alkyl halides is 3. The summed E-state index contributed by atoms with van der Waals surface area (Å²) in [6.45, 7) is 5.81. The van der Waals surface area contributed by atoms with Crippen LogP contribution in [0.3, 0.4) is 0 Å². The van der Waals surface area contributed by atoms with Crippen LogP contribution in [0.25, 0.3) is 0 Å². The van der Waals surface area contributed by atoms with E-state index >= 15 is 0 Å². The molecule has 1 aromatic heterocycles. The van der Waals surface area contributed by atoms with E-state index in [0.717, 1.165) is 37.2 Å². The Balaban J connectivity index is 1.54. The predicted octanol–water partition coefficient (Wildman–Crippen LogP) is 5.48. The van der Waals surface area contributed by atoms with Crippen LogP contribution in [0.4, 0.5) is 24.8 Å². The van der Waals surface area contributed by atoms with E-state index in [-0.39, 0.29) is 23.6 Å². The molecule has 0 radical (unpaired) electrons. The van der Waals surface area contributed by atoms with E-state index in [0.29, 0.717) is 29.6 Å². The molecule has 0 unspecified atom stereocenters. The van der Waals surface area contributed by atoms with Crippen molar-refractivity contribution in [2.24, 2.45) is 0 Å². The average Bonchev–Trinajstić information content (AvgIpc) is 2.94. The molecular formula is C30H35F3N6O3. The maximum Gasteiger partial charge on any atom is 0.423 e. The highest BCUT2D eigenvalue weighted by Gasteiger charge is 2.36. The minimum absolute atomic E-state index is 0.0870. The molecule has 2 N–H and O–H groups in total. The molecule has 1 aliphatic rings. The third-order valence-electron chi connectivity index (χ3n) is 6.98. The van der Waals surface area contributed by atoms with Crippen LogP contribution < -0.4 is 20.1 Å². The fourth-order valence-corrected chi connectivity index (χ4v) is 4.40. The van der Waals surface area contributed by atoms with E-state index in [4.69, 9.17) is 9.47 Å². The van der Waals surface area contributed by atoms with E-state index in [9.17, 15) is 18.0 Å². The van der Waals surface area contributed by atoms with Crippen LogP contribution in [0.2, 0.25) is 0 Å². The molecule has 0 saturated carbocycles. The summed E-state index contributed by atoms with van der Waals surface area (Å²) in [7, 11) is 7.20. The molecule has 4 rings (SSSR count). The van der Waals surface area contributed by atoms with Crippen molar-refractivity contribution in [1.82, 2.24) is 25.1 Å². The van der Waals surface area contributed by atoms with Gasteiger partial charge in [0.2, 0.25) is 11.8 Å². The number of allylic oxidation sites excluding steroid dienone is 1. The fourth-order valence-electron chi connectivity index (χ4n) is 4.40. The zero-order valence-electron chi connectivity index (χ0n) is 24.1. The fraction of sp³-hybridized carbons (Fsp3) is 0.367. The van der Waals surface area contributed by atoms with Gasteiger partial charge in [0.15, 0.2) is 0 Å². The van der Waals surface area contributed by atoms with Crippen molar-refractivity contribution in [3.8, 4) is 17.4 Å². The Bertz CT molecular complexity index is 1420. The van der Waals surface area contributed by atoms with E-state index in [1.165, 1.54) is 7.11 Å². The summed E-state index contributed by atoms with van der Waals surface area (Å²) in [6, 6.07) is 11.6. The maximum absolute atomic E-state index is 13.8. The van der Waals surface area contributed by atoms with E-state index in [1.54, 1.807) is 36.4 Å². The van der Waals surface area contributed by atoms with Crippen molar-refractivity contribution in [3.05, 3.63) is 77.6 Å². The monoisotopic (exact) mass is 584 g/mol. The summed E-state index contributed by atoms with van der Waals surface area (Å²) in [5, 5.41) is 5.93. The van der Waals surface area contributed by atoms with Gasteiger partial charge in [0.25, 0.3) is 5.91 Å². The molecule has 1 amide bonds. The highest BCUT2D eigenvalue weighted by Crippen LogP contribution is 2.38. The predicted molar refractivity (Wildman–Crippen MR) is 154 cm³/mol. The molecule has 0 spiro atoms. The number of hydrogen-bond acceptors (Lipinski definition) is 8. The number of halogens is 3. The molecular weight excluding hydrogens is 549 g/mol. The van der Waals surface area contributed by atoms with Gasteiger partial charge in [-0.25, -0.2) is 4.98 Å². The number of piperidine rings is 1. The lowest BCUT2D eigenvalue weighted by molar-refractivity contribution is -0.139. The molecule has 3 aromatic rings. The van der Waals surface area contributed by atoms with Gasteiger partial charge in [-0.2, -0.15) is 18.2 Å². The average molecular weight is 585 g/mol. The lowest BCUT2D eigenvalue weighted by atomic mass is 10.0. The maximum atomic E-state index is 13.8. The Kier molecular flexibility index (Phi) is 9.56. The van der Waals surface area contributed by atoms with Gasteiger partial charge >= 0.3 is 6.18 Å². The first kappa shape index (κ1) is 30.6. The molecule has 1 aliphatic heterocycles. The molecule has 224 valence electrons. The van der Waals surface area contributed by atoms with Crippen molar-refractivity contribution in [3.63, 3.8) is 0 Å². The number of aromatic nitrogens is 2. The first-order valence-corrected chi connectivity index (χ1v) is 13.4. The van der Waals surface area contributed by atoms with Crippen LogP contribution in [0.1, 0.15) is 34.3 Å². The number of benzene rings is 2. The lowest BCUT2D eigenvalue weighted by Gasteiger charge is -2.29. The summed E-state index contributed by atoms with van der Waals surface area (Å²) in [4.78, 5) is 24.8. The molecule has 0 atom stereocenters. The standard InChI is InChI=1S/C30H35F3N6O3/c1-19(38(2)3)15-20-7-6-8-23(16-20)42-28-24(30(31,32)33)18-34-29(37-28)36-25-10-9-21(17-26(25)41-5)27(40)35-22-11-13-39(4)14-12-22/h6-10,16-18,22H,1,11-15H2,2-5H3,(H,35,40)(H,34,36,37). The molecule has 2 aromatic carbocycles. The summed E-state index contributed by atoms with van der Waals surface area (Å²) in [5.41, 5.74) is 1.28. The zero-order valence-corrected chi connectivity index (χ0v) is 24.1. The van der Waals surface area contributed by atoms with Crippen LogP contribution in [0, 0.1) is 0 Å². The number of ether oxygens (including phenoxy) is 2. The first-order valence-electron chi connectivity index (χ1n) is 13.4. The molecule has 0 aliphatic carbocycles. The van der Waals surface area contributed by atoms with Crippen LogP contribution in [-0.4, -0.2) is 73.1 Å². The highest BCUT2D eigenvalue weighted by molar-refractivity contribution is 5.95. The van der Waals surface area contributed by atoms with Crippen molar-refractivity contribution >= 4 is 17.5 Å². The van der Waals surface area contributed by atoms with Gasteiger partial charge in [-0.15, -0.1) is 0 Å². The Hall–Kier alpha value is -4.32. The van der Waals surface area contributed by atoms with Crippen molar-refractivity contribution < 1.29 is 27.4 Å². The number of methoxy groups -OCH3 is 1. The molecule has 1 saturated heterocycles. The van der Waals surface area contributed by atoms with E-state index in [1.807, 2.05) is 32.1 Å². The molecule has 1 fully saturated rings. The second kappa shape index (κ2) is 13.1. The number of carbonyl (C=O) groups is 1. The topological polar surface area (TPSA) is 91.8 Å². The Morgan fingerprint density at radius 3 is 2.57 bits per heavy atom. The number of amides is 1. The van der Waals surface area contributed by atoms with Crippen molar-refractivity contribution in [2.75, 3.05) is 46.7 Å². The van der Waals surface area contributed by atoms with Gasteiger partial charge in [-0.05, 0) is 68.9 Å². The summed E-state index contributed by atoms with van der Waals surface area (Å²) < 4.78 is 52.5. The number of rotatable bonds is 10. The Morgan fingerprint density at radius 2 is 1.90 bits per heavy atom. The SMILES string of the molecule is C=C(Cc1cccc(Oc2nc(Nc3ccc(C(=O)NC4CCN(C)CC4)cc3OC)ncc2C(F)(F)F)c1)N(C)C. The molecule has 42 heavy (non-hydrogen) atoms. The normalized spacial score (nSPS) is 14.3. The van der Waals surface area contributed by atoms with Crippen molar-refractivity contribution in [1.29, 1.82) is 0 Å². The van der Waals surface area contributed by atoms with Gasteiger partial charge in [0, 0.05) is 44.0 Å². The van der Waals surface area contributed by atoms with Gasteiger partial charge in [-0.1, -0.05) is 18.7 Å². The minimum atomic E-state index is -4.74. The Labute approximate surface area is 243 Å². The number of carbonyl (C=O) groups excluding carboxylic acids is 1. The molecule has 0 bridgehead atoms. The number of likely N-dealkylation sites (tertiary alicyclic amines) is 1. The number of likely N-dealkylation sites (N-methyl/N-ethyl adjacent to an activating group) is 1. The van der Waals surface area contributed by atoms with Gasteiger partial charge in [0.05, 0.1) is 12.8 Å². The number of hydrogen-bond donors (Lipinski definition) is 2. The quantitative estimate of drug-likeness (QED) is 0.324. The Morgan fingerprint density at radius 1 is 1.17 bits per heavy atom. The van der Waals surface area contributed by atoms with Crippen molar-refractivity contribution in [2.45, 2.75) is 31.5 Å². The van der Waals surface area contributed by atoms with Crippen LogP contribution in [0.5, 0.6) is 17.4 Å². The van der Waals surface area contributed by atoms with Crippen LogP contribution >= 0.6 is 0 Å². The third-order valence-corrected chi connectivity index (χ3v) is 6.98. The number of nitrogens with zero attached hydrogens (tertiary/aromatic N) is 4. The second-order valence-corrected chi connectivity index (χ2v) is 10.4. The summed E-state index contributed by atoms with van der Waals surface area (Å²) >= 11 is 0. The van der Waals surface area contributed by atoms with Gasteiger partial charge in [0.1, 0.15) is 17.1 Å². The van der Waals surface area contributed by atoms with Crippen LogP contribution in [-0.2, 0) is 12.6 Å². The largest absolute Gasteiger partial charge is 0.495 e. The van der Waals surface area contributed by atoms with Gasteiger partial charge in [-0.3, -0.25) is 4.79 Å². The zero-order chi connectivity index (χ0) is 30.4. The molecule has 12 heteroatoms. The smallest absolute Gasteiger partial charge is 0.423 e. The number of nitrogens with one attached hydrogen (secondary N) is 2.